The smallest absolute Gasteiger partial charge is 0.270 e. The van der Waals surface area contributed by atoms with Crippen LogP contribution in [-0.4, -0.2) is 70.6 Å². The van der Waals surface area contributed by atoms with E-state index in [4.69, 9.17) is 4.98 Å². The van der Waals surface area contributed by atoms with Crippen molar-refractivity contribution in [3.8, 4) is 0 Å². The monoisotopic (exact) mass is 680 g/mol. The molecule has 8 heteroatoms. The second-order valence-electron chi connectivity index (χ2n) is 15.0. The molecule has 0 saturated carbocycles. The van der Waals surface area contributed by atoms with Crippen LogP contribution in [0.1, 0.15) is 127 Å². The molecule has 5 atom stereocenters. The van der Waals surface area contributed by atoms with Crippen molar-refractivity contribution < 1.29 is 14.4 Å². The van der Waals surface area contributed by atoms with Crippen LogP contribution >= 0.6 is 11.3 Å². The number of thiazole rings is 1. The predicted molar refractivity (Wildman–Crippen MR) is 199 cm³/mol. The van der Waals surface area contributed by atoms with E-state index in [-0.39, 0.29) is 53.5 Å². The molecule has 1 aliphatic heterocycles. The van der Waals surface area contributed by atoms with E-state index in [2.05, 4.69) is 70.8 Å². The number of benzene rings is 1. The molecule has 0 bridgehead atoms. The van der Waals surface area contributed by atoms with Crippen LogP contribution < -0.4 is 5.32 Å². The van der Waals surface area contributed by atoms with Gasteiger partial charge in [-0.2, -0.15) is 0 Å². The molecule has 0 aliphatic carbocycles. The van der Waals surface area contributed by atoms with Crippen LogP contribution in [0.5, 0.6) is 0 Å². The average Bonchev–Trinajstić information content (AvgIpc) is 3.55. The summed E-state index contributed by atoms with van der Waals surface area (Å²) >= 11 is 1.52. The van der Waals surface area contributed by atoms with Crippen molar-refractivity contribution in [2.75, 3.05) is 20.1 Å². The minimum atomic E-state index is -0.312. The zero-order valence-corrected chi connectivity index (χ0v) is 32.0. The van der Waals surface area contributed by atoms with Crippen molar-refractivity contribution >= 4 is 28.9 Å². The van der Waals surface area contributed by atoms with Crippen LogP contribution in [0.2, 0.25) is 0 Å². The van der Waals surface area contributed by atoms with E-state index in [1.165, 1.54) is 16.9 Å². The third-order valence-electron chi connectivity index (χ3n) is 10.3. The minimum absolute atomic E-state index is 0.0114. The maximum absolute atomic E-state index is 14.2. The van der Waals surface area contributed by atoms with E-state index in [0.717, 1.165) is 75.9 Å². The Kier molecular flexibility index (Phi) is 16.8. The second kappa shape index (κ2) is 20.2. The Morgan fingerprint density at radius 2 is 1.79 bits per heavy atom. The summed E-state index contributed by atoms with van der Waals surface area (Å²) in [6.45, 7) is 17.1. The molecule has 2 aromatic rings. The van der Waals surface area contributed by atoms with Crippen LogP contribution in [0.15, 0.2) is 35.7 Å². The predicted octanol–water partition coefficient (Wildman–Crippen LogP) is 8.22. The molecule has 0 spiro atoms. The van der Waals surface area contributed by atoms with Gasteiger partial charge in [0.05, 0.1) is 11.0 Å². The van der Waals surface area contributed by atoms with Gasteiger partial charge in [0, 0.05) is 43.3 Å². The number of nitrogens with one attached hydrogen (secondary N) is 1. The lowest BCUT2D eigenvalue weighted by molar-refractivity contribution is -0.142. The van der Waals surface area contributed by atoms with Crippen LogP contribution in [0.3, 0.4) is 0 Å². The van der Waals surface area contributed by atoms with Gasteiger partial charge in [-0.05, 0) is 74.9 Å². The SMILES string of the molecule is CCCCN1CCCC[C@@H]1C(=O)C[C@H](C(=O)N(C)[C@H](CCc1nc(C(=O)N[C@@H](Cc2ccccc2)CC(C)C)cs1)C(C)C)[C@@H](C)CC. The summed E-state index contributed by atoms with van der Waals surface area (Å²) in [5.74, 6) is 0.725. The summed E-state index contributed by atoms with van der Waals surface area (Å²) in [6, 6.07) is 10.3. The Bertz CT molecular complexity index is 1260. The second-order valence-corrected chi connectivity index (χ2v) is 15.9. The number of Topliss-reactive ketones (excluding diaryl/α,β-unsaturated/α-hetero) is 1. The number of ketones is 1. The van der Waals surface area contributed by atoms with E-state index in [1.807, 2.05) is 35.5 Å². The quantitative estimate of drug-likeness (QED) is 0.152. The van der Waals surface area contributed by atoms with Crippen molar-refractivity contribution in [2.45, 2.75) is 137 Å². The molecule has 3 rings (SSSR count). The lowest BCUT2D eigenvalue weighted by Crippen LogP contribution is -2.48. The number of unbranched alkanes of at least 4 members (excludes halogenated alkanes) is 1. The van der Waals surface area contributed by atoms with Gasteiger partial charge in [0.25, 0.3) is 5.91 Å². The Morgan fingerprint density at radius 1 is 1.06 bits per heavy atom. The number of hydrogen-bond acceptors (Lipinski definition) is 6. The van der Waals surface area contributed by atoms with Crippen LogP contribution in [0.25, 0.3) is 0 Å². The highest BCUT2D eigenvalue weighted by atomic mass is 32.1. The van der Waals surface area contributed by atoms with Gasteiger partial charge in [-0.25, -0.2) is 4.98 Å². The molecule has 0 radical (unpaired) electrons. The first kappa shape index (κ1) is 39.9. The summed E-state index contributed by atoms with van der Waals surface area (Å²) < 4.78 is 0. The van der Waals surface area contributed by atoms with Gasteiger partial charge < -0.3 is 10.2 Å². The minimum Gasteiger partial charge on any atom is -0.348 e. The molecule has 1 aromatic carbocycles. The molecule has 7 nitrogen and oxygen atoms in total. The number of aryl methyl sites for hydroxylation is 1. The van der Waals surface area contributed by atoms with E-state index in [9.17, 15) is 14.4 Å². The van der Waals surface area contributed by atoms with Crippen LogP contribution in [0, 0.1) is 23.7 Å². The number of nitrogens with zero attached hydrogens (tertiary/aromatic N) is 3. The number of piperidine rings is 1. The normalized spacial score (nSPS) is 18.0. The van der Waals surface area contributed by atoms with Gasteiger partial charge in [-0.1, -0.05) is 98.1 Å². The zero-order chi connectivity index (χ0) is 35.2. The van der Waals surface area contributed by atoms with Gasteiger partial charge in [0.2, 0.25) is 5.91 Å². The molecule has 2 amide bonds. The fourth-order valence-corrected chi connectivity index (χ4v) is 8.07. The van der Waals surface area contributed by atoms with Gasteiger partial charge >= 0.3 is 0 Å². The molecular formula is C40H64N4O3S. The molecule has 2 heterocycles. The third-order valence-corrected chi connectivity index (χ3v) is 11.2. The number of rotatable bonds is 20. The molecule has 1 aromatic heterocycles. The van der Waals surface area contributed by atoms with Crippen molar-refractivity contribution in [1.82, 2.24) is 20.1 Å². The van der Waals surface area contributed by atoms with E-state index < -0.39 is 0 Å². The molecule has 1 aliphatic rings. The summed E-state index contributed by atoms with van der Waals surface area (Å²) in [5, 5.41) is 6.01. The lowest BCUT2D eigenvalue weighted by Gasteiger charge is -2.38. The van der Waals surface area contributed by atoms with Gasteiger partial charge in [-0.3, -0.25) is 19.3 Å². The van der Waals surface area contributed by atoms with Gasteiger partial charge in [0.1, 0.15) is 5.69 Å². The maximum atomic E-state index is 14.2. The standard InChI is InChI=1S/C40H64N4O3S/c1-9-11-22-44-23-16-15-19-36(44)37(45)26-33(30(7)10-2)40(47)43(8)35(29(5)6)20-21-38-42-34(27-48-38)39(46)41-32(24-28(3)4)25-31-17-13-12-14-18-31/h12-14,17-18,27-30,32-33,35-36H,9-11,15-16,19-26H2,1-8H3,(H,41,46)/t30-,32+,33-,35+,36+/m0/s1. The highest BCUT2D eigenvalue weighted by Crippen LogP contribution is 2.29. The molecule has 48 heavy (non-hydrogen) atoms. The van der Waals surface area contributed by atoms with E-state index in [1.54, 1.807) is 0 Å². The number of aromatic nitrogens is 1. The fourth-order valence-electron chi connectivity index (χ4n) is 7.27. The third kappa shape index (κ3) is 12.1. The Labute approximate surface area is 295 Å². The highest BCUT2D eigenvalue weighted by Gasteiger charge is 2.36. The van der Waals surface area contributed by atoms with Gasteiger partial charge in [-0.15, -0.1) is 11.3 Å². The molecule has 268 valence electrons. The van der Waals surface area contributed by atoms with E-state index in [0.29, 0.717) is 24.5 Å². The first-order chi connectivity index (χ1) is 22.9. The van der Waals surface area contributed by atoms with Crippen LogP contribution in [0.4, 0.5) is 0 Å². The Balaban J connectivity index is 1.65. The molecular weight excluding hydrogens is 617 g/mol. The van der Waals surface area contributed by atoms with Gasteiger partial charge in [0.15, 0.2) is 5.78 Å². The molecule has 1 fully saturated rings. The van der Waals surface area contributed by atoms with E-state index >= 15 is 0 Å². The number of carbonyl (C=O) groups excluding carboxylic acids is 3. The van der Waals surface area contributed by atoms with Crippen molar-refractivity contribution in [2.24, 2.45) is 23.7 Å². The largest absolute Gasteiger partial charge is 0.348 e. The van der Waals surface area contributed by atoms with Crippen LogP contribution in [-0.2, 0) is 22.4 Å². The summed E-state index contributed by atoms with van der Waals surface area (Å²) in [6.07, 6.45) is 9.70. The van der Waals surface area contributed by atoms with Crippen molar-refractivity contribution in [1.29, 1.82) is 0 Å². The summed E-state index contributed by atoms with van der Waals surface area (Å²) in [5.41, 5.74) is 1.68. The Hall–Kier alpha value is -2.58. The highest BCUT2D eigenvalue weighted by molar-refractivity contribution is 7.09. The summed E-state index contributed by atoms with van der Waals surface area (Å²) in [7, 11) is 1.92. The topological polar surface area (TPSA) is 82.6 Å². The Morgan fingerprint density at radius 3 is 2.44 bits per heavy atom. The van der Waals surface area contributed by atoms with Crippen molar-refractivity contribution in [3.63, 3.8) is 0 Å². The zero-order valence-electron chi connectivity index (χ0n) is 31.2. The molecule has 1 saturated heterocycles. The molecule has 1 N–H and O–H groups in total. The number of hydrogen-bond donors (Lipinski definition) is 1. The fraction of sp³-hybridized carbons (Fsp3) is 0.700. The number of likely N-dealkylation sites (tertiary alicyclic amines) is 1. The van der Waals surface area contributed by atoms with Crippen molar-refractivity contribution in [3.05, 3.63) is 52.0 Å². The number of carbonyl (C=O) groups is 3. The first-order valence-electron chi connectivity index (χ1n) is 18.8. The average molecular weight is 681 g/mol. The first-order valence-corrected chi connectivity index (χ1v) is 19.7. The number of amides is 2. The molecule has 0 unspecified atom stereocenters. The summed E-state index contributed by atoms with van der Waals surface area (Å²) in [4.78, 5) is 50.2. The lowest BCUT2D eigenvalue weighted by atomic mass is 9.82. The maximum Gasteiger partial charge on any atom is 0.270 e.